The molecule has 0 spiro atoms. The van der Waals surface area contributed by atoms with Gasteiger partial charge in [-0.05, 0) is 62.3 Å². The third-order valence-corrected chi connectivity index (χ3v) is 6.96. The predicted octanol–water partition coefficient (Wildman–Crippen LogP) is 5.35. The number of thiazole rings is 1. The molecular formula is C25H34ClN3O4S. The number of hydrogen-bond donors (Lipinski definition) is 0. The van der Waals surface area contributed by atoms with Crippen molar-refractivity contribution in [1.82, 2.24) is 9.88 Å². The zero-order valence-electron chi connectivity index (χ0n) is 20.9. The van der Waals surface area contributed by atoms with Gasteiger partial charge < -0.3 is 19.1 Å². The Kier molecular flexibility index (Phi) is 9.97. The van der Waals surface area contributed by atoms with Gasteiger partial charge >= 0.3 is 0 Å². The molecule has 0 bridgehead atoms. The lowest BCUT2D eigenvalue weighted by Gasteiger charge is -2.25. The summed E-state index contributed by atoms with van der Waals surface area (Å²) < 4.78 is 17.4. The summed E-state index contributed by atoms with van der Waals surface area (Å²) in [5.74, 6) is 1.19. The molecule has 0 saturated heterocycles. The van der Waals surface area contributed by atoms with Crippen LogP contribution >= 0.6 is 23.7 Å². The van der Waals surface area contributed by atoms with Crippen molar-refractivity contribution in [2.24, 2.45) is 0 Å². The number of nitrogens with zero attached hydrogens (tertiary/aromatic N) is 3. The van der Waals surface area contributed by atoms with Crippen LogP contribution in [0.3, 0.4) is 0 Å². The Morgan fingerprint density at radius 3 is 2.03 bits per heavy atom. The van der Waals surface area contributed by atoms with Gasteiger partial charge in [0.2, 0.25) is 5.75 Å². The number of fused-ring (bicyclic) bond motifs is 1. The Hall–Kier alpha value is -2.55. The van der Waals surface area contributed by atoms with Crippen molar-refractivity contribution in [2.45, 2.75) is 27.7 Å². The molecule has 1 amide bonds. The molecule has 3 aromatic rings. The van der Waals surface area contributed by atoms with E-state index in [-0.39, 0.29) is 18.3 Å². The van der Waals surface area contributed by atoms with Crippen LogP contribution in [0, 0.1) is 13.8 Å². The maximum atomic E-state index is 13.8. The number of rotatable bonds is 10. The van der Waals surface area contributed by atoms with Crippen LogP contribution < -0.4 is 19.1 Å². The first-order valence-corrected chi connectivity index (χ1v) is 11.9. The van der Waals surface area contributed by atoms with E-state index in [1.165, 1.54) is 22.5 Å². The Balaban J connectivity index is 0.00000408. The molecule has 0 atom stereocenters. The second-order valence-electron chi connectivity index (χ2n) is 7.80. The molecule has 0 radical (unpaired) electrons. The zero-order valence-corrected chi connectivity index (χ0v) is 22.6. The van der Waals surface area contributed by atoms with Gasteiger partial charge in [-0.15, -0.1) is 12.4 Å². The number of carbonyl (C=O) groups is 1. The molecule has 1 heterocycles. The number of likely N-dealkylation sites (N-methyl/N-ethyl adjacent to an activating group) is 1. The number of amides is 1. The van der Waals surface area contributed by atoms with E-state index in [0.29, 0.717) is 34.5 Å². The molecule has 186 valence electrons. The SMILES string of the molecule is CCN(CC)CCN(C(=O)c1cc(OC)c(OC)c(OC)c1)c1nc2cc(C)c(C)cc2s1.Cl. The lowest BCUT2D eigenvalue weighted by Crippen LogP contribution is -2.38. The fourth-order valence-corrected chi connectivity index (χ4v) is 4.78. The summed E-state index contributed by atoms with van der Waals surface area (Å²) >= 11 is 1.53. The molecule has 0 aliphatic heterocycles. The average Bonchev–Trinajstić information content (AvgIpc) is 3.22. The van der Waals surface area contributed by atoms with Crippen molar-refractivity contribution in [3.05, 3.63) is 41.0 Å². The Morgan fingerprint density at radius 1 is 0.912 bits per heavy atom. The molecule has 0 unspecified atom stereocenters. The summed E-state index contributed by atoms with van der Waals surface area (Å²) in [5.41, 5.74) is 3.76. The summed E-state index contributed by atoms with van der Waals surface area (Å²) in [6.45, 7) is 11.5. The number of carbonyl (C=O) groups excluding carboxylic acids is 1. The molecule has 34 heavy (non-hydrogen) atoms. The summed E-state index contributed by atoms with van der Waals surface area (Å²) in [4.78, 5) is 22.7. The third kappa shape index (κ3) is 5.74. The van der Waals surface area contributed by atoms with Gasteiger partial charge in [-0.25, -0.2) is 4.98 Å². The molecule has 2 aromatic carbocycles. The van der Waals surface area contributed by atoms with Crippen LogP contribution in [0.1, 0.15) is 35.3 Å². The standard InChI is InChI=1S/C25H33N3O4S.ClH/c1-8-27(9-2)10-11-28(25-26-19-12-16(3)17(4)13-22(19)33-25)24(29)18-14-20(30-5)23(32-7)21(15-18)31-6;/h12-15H,8-11H2,1-7H3;1H. The first kappa shape index (κ1) is 27.7. The third-order valence-electron chi connectivity index (χ3n) is 5.91. The minimum absolute atomic E-state index is 0. The fraction of sp³-hybridized carbons (Fsp3) is 0.440. The highest BCUT2D eigenvalue weighted by atomic mass is 35.5. The van der Waals surface area contributed by atoms with E-state index in [1.54, 1.807) is 38.4 Å². The smallest absolute Gasteiger partial charge is 0.260 e. The van der Waals surface area contributed by atoms with Crippen molar-refractivity contribution in [1.29, 1.82) is 0 Å². The number of benzene rings is 2. The van der Waals surface area contributed by atoms with Crippen LogP contribution in [0.2, 0.25) is 0 Å². The van der Waals surface area contributed by atoms with Gasteiger partial charge in [0.1, 0.15) is 0 Å². The Bertz CT molecular complexity index is 1070. The van der Waals surface area contributed by atoms with Crippen LogP contribution in [0.25, 0.3) is 10.2 Å². The largest absolute Gasteiger partial charge is 0.493 e. The van der Waals surface area contributed by atoms with Crippen molar-refractivity contribution in [3.8, 4) is 17.2 Å². The maximum absolute atomic E-state index is 13.8. The number of aromatic nitrogens is 1. The maximum Gasteiger partial charge on any atom is 0.260 e. The molecule has 1 aromatic heterocycles. The van der Waals surface area contributed by atoms with Crippen LogP contribution in [0.15, 0.2) is 24.3 Å². The molecule has 0 N–H and O–H groups in total. The van der Waals surface area contributed by atoms with Crippen LogP contribution in [-0.2, 0) is 0 Å². The number of hydrogen-bond acceptors (Lipinski definition) is 7. The van der Waals surface area contributed by atoms with Crippen LogP contribution in [-0.4, -0.2) is 63.3 Å². The highest BCUT2D eigenvalue weighted by Gasteiger charge is 2.25. The highest BCUT2D eigenvalue weighted by molar-refractivity contribution is 7.22. The number of anilines is 1. The lowest BCUT2D eigenvalue weighted by atomic mass is 10.1. The fourth-order valence-electron chi connectivity index (χ4n) is 3.71. The first-order valence-electron chi connectivity index (χ1n) is 11.1. The Morgan fingerprint density at radius 2 is 1.50 bits per heavy atom. The summed E-state index contributed by atoms with van der Waals surface area (Å²) in [5, 5.41) is 0.681. The lowest BCUT2D eigenvalue weighted by molar-refractivity contribution is 0.0983. The van der Waals surface area contributed by atoms with Gasteiger partial charge in [-0.2, -0.15) is 0 Å². The molecule has 0 aliphatic carbocycles. The average molecular weight is 508 g/mol. The van der Waals surface area contributed by atoms with E-state index < -0.39 is 0 Å². The molecule has 3 rings (SSSR count). The second-order valence-corrected chi connectivity index (χ2v) is 8.81. The number of aryl methyl sites for hydroxylation is 2. The van der Waals surface area contributed by atoms with E-state index >= 15 is 0 Å². The van der Waals surface area contributed by atoms with E-state index in [2.05, 4.69) is 44.7 Å². The monoisotopic (exact) mass is 507 g/mol. The number of methoxy groups -OCH3 is 3. The molecule has 9 heteroatoms. The normalized spacial score (nSPS) is 10.8. The van der Waals surface area contributed by atoms with E-state index in [4.69, 9.17) is 19.2 Å². The number of halogens is 1. The summed E-state index contributed by atoms with van der Waals surface area (Å²) in [6.07, 6.45) is 0. The van der Waals surface area contributed by atoms with E-state index in [0.717, 1.165) is 29.9 Å². The minimum Gasteiger partial charge on any atom is -0.493 e. The highest BCUT2D eigenvalue weighted by Crippen LogP contribution is 2.39. The quantitative estimate of drug-likeness (QED) is 0.368. The van der Waals surface area contributed by atoms with Crippen LogP contribution in [0.5, 0.6) is 17.2 Å². The molecule has 0 fully saturated rings. The second kappa shape index (κ2) is 12.2. The van der Waals surface area contributed by atoms with Gasteiger partial charge in [0.05, 0.1) is 31.5 Å². The van der Waals surface area contributed by atoms with Gasteiger partial charge in [0, 0.05) is 18.7 Å². The zero-order chi connectivity index (χ0) is 24.1. The topological polar surface area (TPSA) is 64.1 Å². The van der Waals surface area contributed by atoms with Gasteiger partial charge in [0.25, 0.3) is 5.91 Å². The number of ether oxygens (including phenoxy) is 3. The van der Waals surface area contributed by atoms with Crippen molar-refractivity contribution in [2.75, 3.05) is 52.4 Å². The molecule has 7 nitrogen and oxygen atoms in total. The van der Waals surface area contributed by atoms with E-state index in [9.17, 15) is 4.79 Å². The van der Waals surface area contributed by atoms with Gasteiger partial charge in [-0.3, -0.25) is 9.69 Å². The summed E-state index contributed by atoms with van der Waals surface area (Å²) in [6, 6.07) is 7.60. The first-order chi connectivity index (χ1) is 15.9. The minimum atomic E-state index is -0.158. The summed E-state index contributed by atoms with van der Waals surface area (Å²) in [7, 11) is 4.63. The van der Waals surface area contributed by atoms with Crippen LogP contribution in [0.4, 0.5) is 5.13 Å². The van der Waals surface area contributed by atoms with Crippen molar-refractivity contribution < 1.29 is 19.0 Å². The van der Waals surface area contributed by atoms with E-state index in [1.807, 2.05) is 0 Å². The van der Waals surface area contributed by atoms with Crippen molar-refractivity contribution in [3.63, 3.8) is 0 Å². The molecule has 0 saturated carbocycles. The predicted molar refractivity (Wildman–Crippen MR) is 142 cm³/mol. The van der Waals surface area contributed by atoms with Crippen molar-refractivity contribution >= 4 is 45.0 Å². The van der Waals surface area contributed by atoms with Gasteiger partial charge in [-0.1, -0.05) is 25.2 Å². The Labute approximate surface area is 212 Å². The molecule has 0 aliphatic rings. The molecular weight excluding hydrogens is 474 g/mol. The van der Waals surface area contributed by atoms with Gasteiger partial charge in [0.15, 0.2) is 16.6 Å².